The Morgan fingerprint density at radius 1 is 1.11 bits per heavy atom. The van der Waals surface area contributed by atoms with Crippen molar-refractivity contribution in [2.75, 3.05) is 20.2 Å². The Morgan fingerprint density at radius 2 is 1.84 bits per heavy atom. The molecule has 3 N–H and O–H groups in total. The van der Waals surface area contributed by atoms with E-state index >= 15 is 0 Å². The number of halogens is 3. The highest BCUT2D eigenvalue weighted by atomic mass is 19.4. The van der Waals surface area contributed by atoms with Gasteiger partial charge in [0.05, 0.1) is 13.7 Å². The molecule has 0 atom stereocenters. The number of hydrogen-bond acceptors (Lipinski definition) is 7. The second kappa shape index (κ2) is 9.90. The van der Waals surface area contributed by atoms with Crippen molar-refractivity contribution in [2.45, 2.75) is 56.8 Å². The van der Waals surface area contributed by atoms with Crippen LogP contribution in [0.1, 0.15) is 60.5 Å². The Bertz CT molecular complexity index is 1380. The van der Waals surface area contributed by atoms with Crippen LogP contribution in [0.5, 0.6) is 5.75 Å². The van der Waals surface area contributed by atoms with Gasteiger partial charge in [-0.25, -0.2) is 9.97 Å². The van der Waals surface area contributed by atoms with Gasteiger partial charge >= 0.3 is 6.18 Å². The Hall–Kier alpha value is -3.67. The summed E-state index contributed by atoms with van der Waals surface area (Å²) in [5, 5.41) is 3.19. The number of amides is 2. The monoisotopic (exact) mass is 531 g/mol. The van der Waals surface area contributed by atoms with Crippen LogP contribution < -0.4 is 15.8 Å². The summed E-state index contributed by atoms with van der Waals surface area (Å²) in [4.78, 5) is 36.6. The zero-order valence-corrected chi connectivity index (χ0v) is 20.9. The van der Waals surface area contributed by atoms with Crippen molar-refractivity contribution in [1.82, 2.24) is 20.2 Å². The number of likely N-dealkylation sites (tertiary alicyclic amines) is 1. The number of hydrogen-bond donors (Lipinski definition) is 2. The van der Waals surface area contributed by atoms with Gasteiger partial charge in [0.15, 0.2) is 11.5 Å². The maximum absolute atomic E-state index is 13.4. The van der Waals surface area contributed by atoms with Gasteiger partial charge in [0, 0.05) is 24.0 Å². The van der Waals surface area contributed by atoms with Crippen LogP contribution in [0.25, 0.3) is 22.4 Å². The summed E-state index contributed by atoms with van der Waals surface area (Å²) in [7, 11) is 1.33. The SMILES string of the molecule is COc1ccc(-c2nc(C(=O)NC3(C(=O)N4CCCCC4)CCC3)c(CN)o2)c2ccc(C(F)(F)F)nc12. The molecule has 3 aromatic rings. The zero-order chi connectivity index (χ0) is 27.1. The van der Waals surface area contributed by atoms with Crippen LogP contribution in [-0.2, 0) is 17.5 Å². The molecular formula is C26H28F3N5O4. The van der Waals surface area contributed by atoms with Gasteiger partial charge in [-0.15, -0.1) is 0 Å². The predicted octanol–water partition coefficient (Wildman–Crippen LogP) is 4.04. The average molecular weight is 532 g/mol. The number of oxazole rings is 1. The number of nitrogens with zero attached hydrogens (tertiary/aromatic N) is 3. The number of ether oxygens (including phenoxy) is 1. The Kier molecular flexibility index (Phi) is 6.76. The number of pyridine rings is 1. The van der Waals surface area contributed by atoms with Crippen LogP contribution in [0.4, 0.5) is 13.2 Å². The molecule has 5 rings (SSSR count). The highest BCUT2D eigenvalue weighted by Crippen LogP contribution is 2.38. The van der Waals surface area contributed by atoms with Crippen molar-refractivity contribution in [3.8, 4) is 17.2 Å². The van der Waals surface area contributed by atoms with Crippen LogP contribution in [0.2, 0.25) is 0 Å². The van der Waals surface area contributed by atoms with Crippen molar-refractivity contribution in [3.63, 3.8) is 0 Å². The summed E-state index contributed by atoms with van der Waals surface area (Å²) in [6.45, 7) is 1.20. The fourth-order valence-electron chi connectivity index (χ4n) is 5.08. The minimum absolute atomic E-state index is 0.00479. The van der Waals surface area contributed by atoms with Gasteiger partial charge in [0.25, 0.3) is 5.91 Å². The van der Waals surface area contributed by atoms with Gasteiger partial charge < -0.3 is 25.1 Å². The molecular weight excluding hydrogens is 503 g/mol. The summed E-state index contributed by atoms with van der Waals surface area (Å²) in [5.74, 6) is -0.430. The molecule has 1 aliphatic heterocycles. The maximum atomic E-state index is 13.4. The number of rotatable bonds is 6. The van der Waals surface area contributed by atoms with E-state index in [0.29, 0.717) is 36.9 Å². The van der Waals surface area contributed by atoms with Crippen molar-refractivity contribution in [1.29, 1.82) is 0 Å². The zero-order valence-electron chi connectivity index (χ0n) is 20.9. The molecule has 2 aromatic heterocycles. The number of carbonyl (C=O) groups excluding carboxylic acids is 2. The lowest BCUT2D eigenvalue weighted by Crippen LogP contribution is -2.64. The molecule has 0 bridgehead atoms. The third-order valence-electron chi connectivity index (χ3n) is 7.27. The van der Waals surface area contributed by atoms with E-state index in [1.807, 2.05) is 4.90 Å². The second-order valence-corrected chi connectivity index (χ2v) is 9.64. The number of alkyl halides is 3. The summed E-state index contributed by atoms with van der Waals surface area (Å²) in [5.41, 5.74) is 4.02. The topological polar surface area (TPSA) is 124 Å². The van der Waals surface area contributed by atoms with Crippen LogP contribution >= 0.6 is 0 Å². The first-order chi connectivity index (χ1) is 18.2. The molecule has 3 heterocycles. The number of nitrogens with two attached hydrogens (primary N) is 1. The Balaban J connectivity index is 1.48. The molecule has 2 fully saturated rings. The number of carbonyl (C=O) groups is 2. The Morgan fingerprint density at radius 3 is 2.45 bits per heavy atom. The van der Waals surface area contributed by atoms with E-state index in [1.54, 1.807) is 6.07 Å². The summed E-state index contributed by atoms with van der Waals surface area (Å²) in [6.07, 6.45) is 0.208. The molecule has 0 spiro atoms. The molecule has 1 aliphatic carbocycles. The first kappa shape index (κ1) is 26.0. The van der Waals surface area contributed by atoms with Gasteiger partial charge in [-0.2, -0.15) is 13.2 Å². The first-order valence-corrected chi connectivity index (χ1v) is 12.5. The highest BCUT2D eigenvalue weighted by Gasteiger charge is 2.48. The van der Waals surface area contributed by atoms with Crippen LogP contribution in [-0.4, -0.2) is 52.4 Å². The van der Waals surface area contributed by atoms with Crippen molar-refractivity contribution < 1.29 is 31.9 Å². The molecule has 2 amide bonds. The molecule has 202 valence electrons. The summed E-state index contributed by atoms with van der Waals surface area (Å²) in [6, 6.07) is 5.14. The van der Waals surface area contributed by atoms with E-state index in [4.69, 9.17) is 14.9 Å². The number of nitrogens with one attached hydrogen (secondary N) is 1. The van der Waals surface area contributed by atoms with Crippen molar-refractivity contribution in [2.24, 2.45) is 5.73 Å². The molecule has 38 heavy (non-hydrogen) atoms. The fraction of sp³-hybridized carbons (Fsp3) is 0.462. The summed E-state index contributed by atoms with van der Waals surface area (Å²) >= 11 is 0. The average Bonchev–Trinajstić information content (AvgIpc) is 3.33. The normalized spacial score (nSPS) is 17.2. The summed E-state index contributed by atoms with van der Waals surface area (Å²) < 4.78 is 50.9. The Labute approximate surface area is 216 Å². The third kappa shape index (κ3) is 4.57. The van der Waals surface area contributed by atoms with E-state index in [2.05, 4.69) is 15.3 Å². The minimum atomic E-state index is -4.64. The molecule has 1 saturated carbocycles. The number of piperidine rings is 1. The van der Waals surface area contributed by atoms with E-state index in [0.717, 1.165) is 31.7 Å². The van der Waals surface area contributed by atoms with Gasteiger partial charge in [-0.1, -0.05) is 0 Å². The number of benzene rings is 1. The molecule has 1 saturated heterocycles. The smallest absolute Gasteiger partial charge is 0.433 e. The molecule has 2 aliphatic rings. The minimum Gasteiger partial charge on any atom is -0.494 e. The standard InChI is InChI=1S/C26H28F3N5O4/c1-37-17-8-6-16(15-7-9-19(26(27,28)29)31-20(15)17)23-32-21(18(14-30)38-23)22(35)33-25(10-5-11-25)24(36)34-12-3-2-4-13-34/h6-9H,2-5,10-14,30H2,1H3,(H,33,35). The lowest BCUT2D eigenvalue weighted by Gasteiger charge is -2.44. The molecule has 9 nitrogen and oxygen atoms in total. The molecule has 1 aromatic carbocycles. The quantitative estimate of drug-likeness (QED) is 0.492. The lowest BCUT2D eigenvalue weighted by molar-refractivity contribution is -0.142. The van der Waals surface area contributed by atoms with Crippen LogP contribution in [0.3, 0.4) is 0 Å². The third-order valence-corrected chi connectivity index (χ3v) is 7.27. The largest absolute Gasteiger partial charge is 0.494 e. The van der Waals surface area contributed by atoms with Gasteiger partial charge in [0.2, 0.25) is 11.8 Å². The van der Waals surface area contributed by atoms with Crippen molar-refractivity contribution in [3.05, 3.63) is 41.4 Å². The highest BCUT2D eigenvalue weighted by molar-refractivity contribution is 6.00. The van der Waals surface area contributed by atoms with Gasteiger partial charge in [-0.05, 0) is 62.8 Å². The van der Waals surface area contributed by atoms with E-state index < -0.39 is 23.3 Å². The van der Waals surface area contributed by atoms with Crippen molar-refractivity contribution >= 4 is 22.7 Å². The van der Waals surface area contributed by atoms with Crippen LogP contribution in [0.15, 0.2) is 28.7 Å². The maximum Gasteiger partial charge on any atom is 0.433 e. The van der Waals surface area contributed by atoms with Crippen LogP contribution in [0, 0.1) is 0 Å². The molecule has 0 radical (unpaired) electrons. The number of aromatic nitrogens is 2. The first-order valence-electron chi connectivity index (χ1n) is 12.5. The fourth-order valence-corrected chi connectivity index (χ4v) is 5.08. The predicted molar refractivity (Wildman–Crippen MR) is 131 cm³/mol. The second-order valence-electron chi connectivity index (χ2n) is 9.64. The molecule has 0 unspecified atom stereocenters. The van der Waals surface area contributed by atoms with Gasteiger partial charge in [-0.3, -0.25) is 9.59 Å². The van der Waals surface area contributed by atoms with E-state index in [1.165, 1.54) is 19.2 Å². The van der Waals surface area contributed by atoms with E-state index in [9.17, 15) is 22.8 Å². The van der Waals surface area contributed by atoms with E-state index in [-0.39, 0.29) is 41.1 Å². The van der Waals surface area contributed by atoms with Gasteiger partial charge in [0.1, 0.15) is 22.5 Å². The number of methoxy groups -OCH3 is 1. The number of fused-ring (bicyclic) bond motifs is 1. The lowest BCUT2D eigenvalue weighted by atomic mass is 9.75. The molecule has 12 heteroatoms.